The molecule has 0 saturated carbocycles. The Morgan fingerprint density at radius 3 is 2.95 bits per heavy atom. The summed E-state index contributed by atoms with van der Waals surface area (Å²) in [7, 11) is 0. The number of carbonyl (C=O) groups is 1. The summed E-state index contributed by atoms with van der Waals surface area (Å²) in [6.07, 6.45) is 1.73. The minimum Gasteiger partial charge on any atom is -0.368 e. The number of ether oxygens (including phenoxy) is 1. The van der Waals surface area contributed by atoms with Crippen molar-refractivity contribution < 1.29 is 9.53 Å². The van der Waals surface area contributed by atoms with Crippen LogP contribution < -0.4 is 0 Å². The molecule has 1 saturated heterocycles. The number of hydrogen-bond donors (Lipinski definition) is 0. The van der Waals surface area contributed by atoms with Gasteiger partial charge in [0.1, 0.15) is 0 Å². The highest BCUT2D eigenvalue weighted by molar-refractivity contribution is 5.94. The molecule has 2 aliphatic rings. The van der Waals surface area contributed by atoms with Crippen molar-refractivity contribution in [3.8, 4) is 0 Å². The lowest BCUT2D eigenvalue weighted by molar-refractivity contribution is -0.00488. The van der Waals surface area contributed by atoms with Gasteiger partial charge in [-0.05, 0) is 12.1 Å². The van der Waals surface area contributed by atoms with E-state index in [1.807, 2.05) is 39.9 Å². The molecule has 0 bridgehead atoms. The minimum atomic E-state index is 0.0110. The number of fused-ring (bicyclic) bond motifs is 3. The van der Waals surface area contributed by atoms with E-state index in [2.05, 4.69) is 10.3 Å². The lowest BCUT2D eigenvalue weighted by Crippen LogP contribution is -2.32. The van der Waals surface area contributed by atoms with Gasteiger partial charge in [-0.2, -0.15) is 0 Å². The quantitative estimate of drug-likeness (QED) is 0.771. The van der Waals surface area contributed by atoms with Crippen LogP contribution in [0.2, 0.25) is 0 Å². The third-order valence-electron chi connectivity index (χ3n) is 3.95. The Hall–Kier alpha value is -2.21. The van der Waals surface area contributed by atoms with E-state index in [0.717, 1.165) is 5.69 Å². The van der Waals surface area contributed by atoms with Crippen molar-refractivity contribution >= 4 is 5.91 Å². The fraction of sp³-hybridized carbons (Fsp3) is 0.357. The average Bonchev–Trinajstić information content (AvgIpc) is 3.12. The van der Waals surface area contributed by atoms with E-state index >= 15 is 0 Å². The van der Waals surface area contributed by atoms with Crippen LogP contribution in [0.5, 0.6) is 0 Å². The van der Waals surface area contributed by atoms with Gasteiger partial charge in [-0.3, -0.25) is 4.79 Å². The summed E-state index contributed by atoms with van der Waals surface area (Å²) in [5.74, 6) is 0.0465. The molecular weight excluding hydrogens is 256 g/mol. The molecule has 0 spiro atoms. The average molecular weight is 270 g/mol. The maximum Gasteiger partial charge on any atom is 0.254 e. The fourth-order valence-electron chi connectivity index (χ4n) is 2.92. The molecule has 2 atom stereocenters. The van der Waals surface area contributed by atoms with Crippen molar-refractivity contribution in [1.82, 2.24) is 19.9 Å². The summed E-state index contributed by atoms with van der Waals surface area (Å²) in [6.45, 7) is 1.74. The highest BCUT2D eigenvalue weighted by atomic mass is 16.5. The Morgan fingerprint density at radius 1 is 1.25 bits per heavy atom. The molecular formula is C14H14N4O2. The standard InChI is InChI=1S/C14H14N4O2/c19-14(10-4-2-1-3-5-10)17-7-12-13(8-17)20-9-11-6-15-16-18(11)12/h1-6,12-13H,7-9H2/t12-,13?/m1/s1. The fourth-order valence-corrected chi connectivity index (χ4v) is 2.92. The highest BCUT2D eigenvalue weighted by Gasteiger charge is 2.41. The molecule has 3 heterocycles. The second kappa shape index (κ2) is 4.42. The lowest BCUT2D eigenvalue weighted by Gasteiger charge is -2.25. The molecule has 2 aliphatic heterocycles. The van der Waals surface area contributed by atoms with E-state index in [1.54, 1.807) is 6.20 Å². The SMILES string of the molecule is O=C(c1ccccc1)N1CC2OCc3cnnn3[C@@H]2C1. The van der Waals surface area contributed by atoms with E-state index in [0.29, 0.717) is 25.3 Å². The van der Waals surface area contributed by atoms with Gasteiger partial charge in [-0.25, -0.2) is 4.68 Å². The van der Waals surface area contributed by atoms with E-state index < -0.39 is 0 Å². The van der Waals surface area contributed by atoms with Crippen molar-refractivity contribution in [2.24, 2.45) is 0 Å². The van der Waals surface area contributed by atoms with E-state index in [9.17, 15) is 4.79 Å². The maximum atomic E-state index is 12.5. The predicted octanol–water partition coefficient (Wildman–Crippen LogP) is 0.874. The van der Waals surface area contributed by atoms with E-state index in [4.69, 9.17) is 4.74 Å². The number of carbonyl (C=O) groups excluding carboxylic acids is 1. The molecule has 0 aliphatic carbocycles. The minimum absolute atomic E-state index is 0.0110. The summed E-state index contributed by atoms with van der Waals surface area (Å²) in [6, 6.07) is 9.42. The Morgan fingerprint density at radius 2 is 2.10 bits per heavy atom. The van der Waals surface area contributed by atoms with Gasteiger partial charge in [0, 0.05) is 18.7 Å². The molecule has 0 N–H and O–H groups in total. The molecule has 1 amide bonds. The van der Waals surface area contributed by atoms with Gasteiger partial charge in [0.15, 0.2) is 0 Å². The molecule has 102 valence electrons. The highest BCUT2D eigenvalue weighted by Crippen LogP contribution is 2.30. The molecule has 20 heavy (non-hydrogen) atoms. The summed E-state index contributed by atoms with van der Waals surface area (Å²) < 4.78 is 7.70. The first-order valence-electron chi connectivity index (χ1n) is 6.68. The summed E-state index contributed by atoms with van der Waals surface area (Å²) in [5.41, 5.74) is 1.69. The number of benzene rings is 1. The third kappa shape index (κ3) is 1.72. The van der Waals surface area contributed by atoms with Crippen molar-refractivity contribution in [1.29, 1.82) is 0 Å². The summed E-state index contributed by atoms with van der Waals surface area (Å²) >= 11 is 0. The first-order valence-corrected chi connectivity index (χ1v) is 6.68. The van der Waals surface area contributed by atoms with Gasteiger partial charge < -0.3 is 9.64 Å². The molecule has 1 unspecified atom stereocenters. The molecule has 1 fully saturated rings. The normalized spacial score (nSPS) is 24.3. The zero-order valence-electron chi connectivity index (χ0n) is 10.8. The number of likely N-dealkylation sites (tertiary alicyclic amines) is 1. The number of nitrogens with zero attached hydrogens (tertiary/aromatic N) is 4. The van der Waals surface area contributed by atoms with Gasteiger partial charge in [0.25, 0.3) is 5.91 Å². The number of hydrogen-bond acceptors (Lipinski definition) is 4. The monoisotopic (exact) mass is 270 g/mol. The lowest BCUT2D eigenvalue weighted by atomic mass is 10.2. The second-order valence-corrected chi connectivity index (χ2v) is 5.16. The van der Waals surface area contributed by atoms with Crippen LogP contribution >= 0.6 is 0 Å². The Kier molecular flexibility index (Phi) is 2.56. The van der Waals surface area contributed by atoms with Crippen molar-refractivity contribution in [2.45, 2.75) is 18.8 Å². The first kappa shape index (κ1) is 11.6. The van der Waals surface area contributed by atoms with Crippen LogP contribution in [0.4, 0.5) is 0 Å². The van der Waals surface area contributed by atoms with Crippen molar-refractivity contribution in [3.05, 3.63) is 47.8 Å². The molecule has 2 aromatic rings. The smallest absolute Gasteiger partial charge is 0.254 e. The van der Waals surface area contributed by atoms with E-state index in [1.165, 1.54) is 0 Å². The molecule has 6 nitrogen and oxygen atoms in total. The molecule has 0 radical (unpaired) electrons. The third-order valence-corrected chi connectivity index (χ3v) is 3.95. The molecule has 4 rings (SSSR count). The first-order chi connectivity index (χ1) is 9.83. The second-order valence-electron chi connectivity index (χ2n) is 5.16. The van der Waals surface area contributed by atoms with Crippen molar-refractivity contribution in [2.75, 3.05) is 13.1 Å². The number of rotatable bonds is 1. The summed E-state index contributed by atoms with van der Waals surface area (Å²) in [4.78, 5) is 14.3. The van der Waals surface area contributed by atoms with Crippen LogP contribution in [0.1, 0.15) is 22.1 Å². The molecule has 1 aromatic heterocycles. The maximum absolute atomic E-state index is 12.5. The van der Waals surface area contributed by atoms with Crippen LogP contribution in [0.3, 0.4) is 0 Å². The molecule has 1 aromatic carbocycles. The summed E-state index contributed by atoms with van der Waals surface area (Å²) in [5, 5.41) is 8.04. The van der Waals surface area contributed by atoms with Gasteiger partial charge >= 0.3 is 0 Å². The number of amides is 1. The van der Waals surface area contributed by atoms with Gasteiger partial charge in [0.05, 0.1) is 30.6 Å². The van der Waals surface area contributed by atoms with E-state index in [-0.39, 0.29) is 18.1 Å². The Bertz CT molecular complexity index is 640. The van der Waals surface area contributed by atoms with Gasteiger partial charge in [0.2, 0.25) is 0 Å². The number of aromatic nitrogens is 3. The van der Waals surface area contributed by atoms with Crippen LogP contribution in [0, 0.1) is 0 Å². The zero-order valence-corrected chi connectivity index (χ0v) is 10.8. The van der Waals surface area contributed by atoms with Crippen molar-refractivity contribution in [3.63, 3.8) is 0 Å². The van der Waals surface area contributed by atoms with Crippen LogP contribution in [0.25, 0.3) is 0 Å². The Labute approximate surface area is 115 Å². The largest absolute Gasteiger partial charge is 0.368 e. The predicted molar refractivity (Wildman–Crippen MR) is 70.0 cm³/mol. The van der Waals surface area contributed by atoms with Gasteiger partial charge in [-0.1, -0.05) is 23.4 Å². The topological polar surface area (TPSA) is 60.3 Å². The van der Waals surface area contributed by atoms with Crippen LogP contribution in [0.15, 0.2) is 36.5 Å². The van der Waals surface area contributed by atoms with Crippen LogP contribution in [-0.2, 0) is 11.3 Å². The van der Waals surface area contributed by atoms with Crippen LogP contribution in [-0.4, -0.2) is 45.0 Å². The molecule has 6 heteroatoms. The zero-order chi connectivity index (χ0) is 13.5. The van der Waals surface area contributed by atoms with Gasteiger partial charge in [-0.15, -0.1) is 5.10 Å². The Balaban J connectivity index is 1.58.